The van der Waals surface area contributed by atoms with E-state index in [-0.39, 0.29) is 29.9 Å². The number of carbonyl (C=O) groups excluding carboxylic acids is 1. The third-order valence-corrected chi connectivity index (χ3v) is 5.04. The number of methoxy groups -OCH3 is 1. The topological polar surface area (TPSA) is 64.8 Å². The van der Waals surface area contributed by atoms with Crippen molar-refractivity contribution in [3.05, 3.63) is 65.5 Å². The van der Waals surface area contributed by atoms with Gasteiger partial charge in [-0.05, 0) is 42.7 Å². The number of carbonyl (C=O) groups is 1. The van der Waals surface area contributed by atoms with Crippen molar-refractivity contribution in [1.82, 2.24) is 9.88 Å². The summed E-state index contributed by atoms with van der Waals surface area (Å²) in [5.74, 6) is 1.04. The number of nitrogens with zero attached hydrogens (tertiary/aromatic N) is 2. The molecule has 1 aromatic heterocycles. The molecule has 3 aromatic rings. The number of ether oxygens (including phenoxy) is 2. The Morgan fingerprint density at radius 3 is 2.58 bits per heavy atom. The molecule has 0 radical (unpaired) electrons. The minimum Gasteiger partial charge on any atom is -0.493 e. The average molecular weight is 428 g/mol. The monoisotopic (exact) mass is 428 g/mol. The van der Waals surface area contributed by atoms with E-state index in [0.717, 1.165) is 18.4 Å². The van der Waals surface area contributed by atoms with Gasteiger partial charge in [0.25, 0.3) is 5.91 Å². The maximum absolute atomic E-state index is 13.2. The smallest absolute Gasteiger partial charge is 0.387 e. The zero-order valence-electron chi connectivity index (χ0n) is 17.2. The Kier molecular flexibility index (Phi) is 5.88. The molecule has 31 heavy (non-hydrogen) atoms. The fraction of sp³-hybridized carbons (Fsp3) is 0.304. The van der Waals surface area contributed by atoms with E-state index in [1.807, 2.05) is 30.3 Å². The van der Waals surface area contributed by atoms with E-state index < -0.39 is 6.61 Å². The van der Waals surface area contributed by atoms with Gasteiger partial charge in [-0.15, -0.1) is 0 Å². The van der Waals surface area contributed by atoms with E-state index >= 15 is 0 Å². The number of rotatable bonds is 8. The predicted molar refractivity (Wildman–Crippen MR) is 109 cm³/mol. The highest BCUT2D eigenvalue weighted by molar-refractivity contribution is 5.94. The molecule has 4 rings (SSSR count). The van der Waals surface area contributed by atoms with Gasteiger partial charge in [-0.2, -0.15) is 8.78 Å². The summed E-state index contributed by atoms with van der Waals surface area (Å²) in [7, 11) is 3.01. The lowest BCUT2D eigenvalue weighted by Crippen LogP contribution is -2.27. The molecule has 0 aliphatic heterocycles. The van der Waals surface area contributed by atoms with E-state index in [1.165, 1.54) is 24.1 Å². The molecule has 0 bridgehead atoms. The second kappa shape index (κ2) is 8.75. The Labute approximate surface area is 178 Å². The van der Waals surface area contributed by atoms with Gasteiger partial charge >= 0.3 is 6.61 Å². The van der Waals surface area contributed by atoms with Crippen molar-refractivity contribution in [2.45, 2.75) is 31.9 Å². The summed E-state index contributed by atoms with van der Waals surface area (Å²) in [6.07, 6.45) is 1.92. The zero-order chi connectivity index (χ0) is 22.0. The van der Waals surface area contributed by atoms with E-state index in [1.54, 1.807) is 13.1 Å². The number of hydrogen-bond acceptors (Lipinski definition) is 5. The molecule has 0 spiro atoms. The highest BCUT2D eigenvalue weighted by Crippen LogP contribution is 2.43. The normalized spacial score (nSPS) is 13.3. The molecule has 1 saturated carbocycles. The van der Waals surface area contributed by atoms with Crippen LogP contribution in [0.25, 0.3) is 11.5 Å². The SMILES string of the molecule is COc1ccc(CN(C)C(=O)c2nc(-c3ccccc3)oc2C2CC2)cc1OC(F)F. The molecule has 0 N–H and O–H groups in total. The van der Waals surface area contributed by atoms with Gasteiger partial charge in [-0.3, -0.25) is 4.79 Å². The summed E-state index contributed by atoms with van der Waals surface area (Å²) in [6, 6.07) is 14.1. The van der Waals surface area contributed by atoms with Gasteiger partial charge in [0.05, 0.1) is 7.11 Å². The van der Waals surface area contributed by atoms with Gasteiger partial charge in [0.2, 0.25) is 5.89 Å². The third-order valence-electron chi connectivity index (χ3n) is 5.04. The van der Waals surface area contributed by atoms with Gasteiger partial charge in [0.1, 0.15) is 5.76 Å². The second-order valence-corrected chi connectivity index (χ2v) is 7.40. The minimum atomic E-state index is -2.98. The summed E-state index contributed by atoms with van der Waals surface area (Å²) in [6.45, 7) is -2.80. The maximum Gasteiger partial charge on any atom is 0.387 e. The van der Waals surface area contributed by atoms with Gasteiger partial charge in [0.15, 0.2) is 17.2 Å². The molecule has 0 saturated heterocycles. The molecule has 1 aliphatic rings. The quantitative estimate of drug-likeness (QED) is 0.499. The summed E-state index contributed by atoms with van der Waals surface area (Å²) >= 11 is 0. The first kappa shape index (κ1) is 20.8. The summed E-state index contributed by atoms with van der Waals surface area (Å²) in [5.41, 5.74) is 1.71. The molecule has 1 amide bonds. The third kappa shape index (κ3) is 4.68. The highest BCUT2D eigenvalue weighted by Gasteiger charge is 2.35. The number of benzene rings is 2. The molecule has 1 heterocycles. The van der Waals surface area contributed by atoms with Crippen LogP contribution in [0, 0.1) is 0 Å². The van der Waals surface area contributed by atoms with E-state index in [9.17, 15) is 13.6 Å². The number of amides is 1. The van der Waals surface area contributed by atoms with Gasteiger partial charge in [-0.1, -0.05) is 24.3 Å². The van der Waals surface area contributed by atoms with Crippen LogP contribution in [0.2, 0.25) is 0 Å². The molecule has 2 aromatic carbocycles. The molecule has 0 unspecified atom stereocenters. The molecule has 6 nitrogen and oxygen atoms in total. The van der Waals surface area contributed by atoms with Crippen molar-refractivity contribution >= 4 is 5.91 Å². The van der Waals surface area contributed by atoms with Crippen molar-refractivity contribution in [2.75, 3.05) is 14.2 Å². The van der Waals surface area contributed by atoms with Crippen molar-refractivity contribution in [1.29, 1.82) is 0 Å². The van der Waals surface area contributed by atoms with Crippen LogP contribution in [0.5, 0.6) is 11.5 Å². The van der Waals surface area contributed by atoms with Gasteiger partial charge in [-0.25, -0.2) is 4.98 Å². The van der Waals surface area contributed by atoms with Crippen molar-refractivity contribution in [3.8, 4) is 23.0 Å². The number of hydrogen-bond donors (Lipinski definition) is 0. The molecule has 8 heteroatoms. The van der Waals surface area contributed by atoms with Crippen LogP contribution in [-0.2, 0) is 6.54 Å². The molecule has 1 aliphatic carbocycles. The lowest BCUT2D eigenvalue weighted by Gasteiger charge is -2.18. The van der Waals surface area contributed by atoms with Gasteiger partial charge < -0.3 is 18.8 Å². The van der Waals surface area contributed by atoms with E-state index in [2.05, 4.69) is 9.72 Å². The van der Waals surface area contributed by atoms with Crippen LogP contribution in [0.15, 0.2) is 52.9 Å². The number of halogens is 2. The fourth-order valence-electron chi connectivity index (χ4n) is 3.35. The highest BCUT2D eigenvalue weighted by atomic mass is 19.3. The average Bonchev–Trinajstić information content (AvgIpc) is 3.51. The Morgan fingerprint density at radius 1 is 1.19 bits per heavy atom. The van der Waals surface area contributed by atoms with Crippen molar-refractivity contribution < 1.29 is 27.5 Å². The summed E-state index contributed by atoms with van der Waals surface area (Å²) < 4.78 is 40.9. The largest absolute Gasteiger partial charge is 0.493 e. The zero-order valence-corrected chi connectivity index (χ0v) is 17.2. The minimum absolute atomic E-state index is 0.0812. The molecular formula is C23H22F2N2O4. The predicted octanol–water partition coefficient (Wildman–Crippen LogP) is 5.10. The van der Waals surface area contributed by atoms with Crippen LogP contribution < -0.4 is 9.47 Å². The van der Waals surface area contributed by atoms with Crippen LogP contribution in [0.3, 0.4) is 0 Å². The first-order valence-electron chi connectivity index (χ1n) is 9.89. The van der Waals surface area contributed by atoms with Crippen molar-refractivity contribution in [2.24, 2.45) is 0 Å². The van der Waals surface area contributed by atoms with Crippen LogP contribution >= 0.6 is 0 Å². The Balaban J connectivity index is 1.57. The van der Waals surface area contributed by atoms with E-state index in [4.69, 9.17) is 9.15 Å². The lowest BCUT2D eigenvalue weighted by atomic mass is 10.1. The van der Waals surface area contributed by atoms with Crippen molar-refractivity contribution in [3.63, 3.8) is 0 Å². The van der Waals surface area contributed by atoms with Crippen LogP contribution in [0.4, 0.5) is 8.78 Å². The number of alkyl halides is 2. The Bertz CT molecular complexity index is 1060. The summed E-state index contributed by atoms with van der Waals surface area (Å²) in [4.78, 5) is 19.1. The first-order chi connectivity index (χ1) is 15.0. The Hall–Kier alpha value is -3.42. The van der Waals surface area contributed by atoms with Crippen LogP contribution in [-0.4, -0.2) is 36.6 Å². The fourth-order valence-corrected chi connectivity index (χ4v) is 3.35. The standard InChI is InChI=1S/C23H22F2N2O4/c1-27(13-14-8-11-17(29-2)18(12-14)30-23(24)25)22(28)19-20(15-9-10-15)31-21(26-19)16-6-4-3-5-7-16/h3-8,11-12,15,23H,9-10,13H2,1-2H3. The number of oxazole rings is 1. The molecule has 162 valence electrons. The van der Waals surface area contributed by atoms with E-state index in [0.29, 0.717) is 22.9 Å². The maximum atomic E-state index is 13.2. The number of aromatic nitrogens is 1. The molecule has 0 atom stereocenters. The molecular weight excluding hydrogens is 406 g/mol. The molecule has 1 fully saturated rings. The van der Waals surface area contributed by atoms with Gasteiger partial charge in [0, 0.05) is 25.1 Å². The first-order valence-corrected chi connectivity index (χ1v) is 9.89. The summed E-state index contributed by atoms with van der Waals surface area (Å²) in [5, 5.41) is 0. The Morgan fingerprint density at radius 2 is 1.94 bits per heavy atom. The lowest BCUT2D eigenvalue weighted by molar-refractivity contribution is -0.0512. The van der Waals surface area contributed by atoms with Crippen LogP contribution in [0.1, 0.15) is 40.6 Å². The second-order valence-electron chi connectivity index (χ2n) is 7.40.